The summed E-state index contributed by atoms with van der Waals surface area (Å²) < 4.78 is 27.2. The molecule has 0 bridgehead atoms. The second-order valence-corrected chi connectivity index (χ2v) is 9.63. The number of anilines is 1. The van der Waals surface area contributed by atoms with Crippen LogP contribution in [0, 0.1) is 0 Å². The molecule has 1 unspecified atom stereocenters. The van der Waals surface area contributed by atoms with Crippen LogP contribution in [0.4, 0.5) is 5.82 Å². The Labute approximate surface area is 156 Å². The maximum Gasteiger partial charge on any atom is 0.244 e. The minimum absolute atomic E-state index is 0.308. The molecular formula is C18H29N5O2S. The second-order valence-electron chi connectivity index (χ2n) is 7.69. The van der Waals surface area contributed by atoms with Gasteiger partial charge in [-0.2, -0.15) is 4.31 Å². The minimum atomic E-state index is -3.43. The van der Waals surface area contributed by atoms with Crippen LogP contribution in [0.5, 0.6) is 0 Å². The number of hydrogen-bond donors (Lipinski definition) is 0. The average molecular weight is 380 g/mol. The molecule has 8 heteroatoms. The van der Waals surface area contributed by atoms with Gasteiger partial charge in [-0.3, -0.25) is 4.90 Å². The van der Waals surface area contributed by atoms with Gasteiger partial charge in [-0.05, 0) is 38.6 Å². The van der Waals surface area contributed by atoms with Crippen molar-refractivity contribution in [3.05, 3.63) is 18.3 Å². The van der Waals surface area contributed by atoms with Gasteiger partial charge in [0.25, 0.3) is 0 Å². The number of piperidine rings is 1. The molecule has 1 aromatic heterocycles. The zero-order chi connectivity index (χ0) is 18.1. The number of rotatable bonds is 3. The zero-order valence-electron chi connectivity index (χ0n) is 15.5. The molecular weight excluding hydrogens is 350 g/mol. The Balaban J connectivity index is 1.45. The Morgan fingerprint density at radius 3 is 2.54 bits per heavy atom. The highest BCUT2D eigenvalue weighted by molar-refractivity contribution is 7.89. The lowest BCUT2D eigenvalue weighted by Crippen LogP contribution is -2.55. The molecule has 4 heterocycles. The first kappa shape index (κ1) is 18.2. The van der Waals surface area contributed by atoms with E-state index in [0.717, 1.165) is 38.5 Å². The van der Waals surface area contributed by atoms with Crippen LogP contribution in [0.25, 0.3) is 0 Å². The quantitative estimate of drug-likeness (QED) is 0.770. The van der Waals surface area contributed by atoms with Crippen molar-refractivity contribution < 1.29 is 8.42 Å². The summed E-state index contributed by atoms with van der Waals surface area (Å²) in [6.45, 7) is 6.90. The van der Waals surface area contributed by atoms with Gasteiger partial charge < -0.3 is 9.80 Å². The first-order chi connectivity index (χ1) is 12.5. The number of pyridine rings is 1. The predicted octanol–water partition coefficient (Wildman–Crippen LogP) is 0.692. The molecule has 7 nitrogen and oxygen atoms in total. The summed E-state index contributed by atoms with van der Waals surface area (Å²) in [5, 5.41) is 0. The van der Waals surface area contributed by atoms with Crippen molar-refractivity contribution in [3.8, 4) is 0 Å². The van der Waals surface area contributed by atoms with Gasteiger partial charge in [-0.25, -0.2) is 13.4 Å². The third-order valence-corrected chi connectivity index (χ3v) is 7.86. The molecule has 3 aliphatic rings. The van der Waals surface area contributed by atoms with Crippen molar-refractivity contribution in [2.45, 2.75) is 30.2 Å². The average Bonchev–Trinajstić information content (AvgIpc) is 2.68. The van der Waals surface area contributed by atoms with Gasteiger partial charge >= 0.3 is 0 Å². The standard InChI is InChI=1S/C18H29N5O2S/c1-20-8-12-23(13-9-20)26(24,25)17-5-6-18(19-14-17)22-11-10-21-7-3-2-4-16(21)15-22/h5-6,14,16H,2-4,7-13,15H2,1H3. The molecule has 0 aliphatic carbocycles. The Kier molecular flexibility index (Phi) is 5.18. The fraction of sp³-hybridized carbons (Fsp3) is 0.722. The number of nitrogens with zero attached hydrogens (tertiary/aromatic N) is 5. The smallest absolute Gasteiger partial charge is 0.244 e. The van der Waals surface area contributed by atoms with E-state index in [4.69, 9.17) is 0 Å². The molecule has 0 saturated carbocycles. The van der Waals surface area contributed by atoms with Crippen LogP contribution in [0.3, 0.4) is 0 Å². The lowest BCUT2D eigenvalue weighted by Gasteiger charge is -2.44. The largest absolute Gasteiger partial charge is 0.354 e. The minimum Gasteiger partial charge on any atom is -0.354 e. The molecule has 0 radical (unpaired) electrons. The molecule has 4 rings (SSSR count). The van der Waals surface area contributed by atoms with Crippen LogP contribution in [0.1, 0.15) is 19.3 Å². The molecule has 1 aromatic rings. The maximum atomic E-state index is 12.8. The number of hydrogen-bond acceptors (Lipinski definition) is 6. The first-order valence-electron chi connectivity index (χ1n) is 9.68. The Morgan fingerprint density at radius 1 is 1.00 bits per heavy atom. The van der Waals surface area contributed by atoms with Gasteiger partial charge in [0.05, 0.1) is 0 Å². The molecule has 1 atom stereocenters. The molecule has 144 valence electrons. The summed E-state index contributed by atoms with van der Waals surface area (Å²) >= 11 is 0. The SMILES string of the molecule is CN1CCN(S(=O)(=O)c2ccc(N3CCN4CCCCC4C3)nc2)CC1. The van der Waals surface area contributed by atoms with E-state index in [2.05, 4.69) is 19.7 Å². The Morgan fingerprint density at radius 2 is 1.81 bits per heavy atom. The first-order valence-corrected chi connectivity index (χ1v) is 11.1. The topological polar surface area (TPSA) is 60.0 Å². The third-order valence-electron chi connectivity index (χ3n) is 5.98. The summed E-state index contributed by atoms with van der Waals surface area (Å²) in [5.74, 6) is 0.896. The summed E-state index contributed by atoms with van der Waals surface area (Å²) in [5.41, 5.74) is 0. The van der Waals surface area contributed by atoms with Crippen molar-refractivity contribution in [2.24, 2.45) is 0 Å². The van der Waals surface area contributed by atoms with E-state index in [9.17, 15) is 8.42 Å². The number of fused-ring (bicyclic) bond motifs is 1. The summed E-state index contributed by atoms with van der Waals surface area (Å²) in [6, 6.07) is 4.22. The van der Waals surface area contributed by atoms with E-state index in [1.54, 1.807) is 10.4 Å². The van der Waals surface area contributed by atoms with Gasteiger partial charge in [-0.15, -0.1) is 0 Å². The maximum absolute atomic E-state index is 12.8. The summed E-state index contributed by atoms with van der Waals surface area (Å²) in [6.07, 6.45) is 5.42. The van der Waals surface area contributed by atoms with Crippen molar-refractivity contribution in [1.29, 1.82) is 0 Å². The van der Waals surface area contributed by atoms with Gasteiger partial charge in [0.1, 0.15) is 10.7 Å². The summed E-state index contributed by atoms with van der Waals surface area (Å²) in [7, 11) is -1.41. The Hall–Kier alpha value is -1.22. The second kappa shape index (κ2) is 7.42. The fourth-order valence-corrected chi connectivity index (χ4v) is 5.62. The highest BCUT2D eigenvalue weighted by Crippen LogP contribution is 2.25. The van der Waals surface area contributed by atoms with Crippen molar-refractivity contribution in [3.63, 3.8) is 0 Å². The van der Waals surface area contributed by atoms with Crippen LogP contribution >= 0.6 is 0 Å². The van der Waals surface area contributed by atoms with E-state index in [-0.39, 0.29) is 0 Å². The van der Waals surface area contributed by atoms with Crippen molar-refractivity contribution in [1.82, 2.24) is 19.1 Å². The normalized spacial score (nSPS) is 26.7. The molecule has 3 fully saturated rings. The van der Waals surface area contributed by atoms with Gasteiger partial charge in [-0.1, -0.05) is 6.42 Å². The number of aromatic nitrogens is 1. The molecule has 0 N–H and O–H groups in total. The predicted molar refractivity (Wildman–Crippen MR) is 102 cm³/mol. The third kappa shape index (κ3) is 3.60. The molecule has 0 spiro atoms. The van der Waals surface area contributed by atoms with Gasteiger partial charge in [0, 0.05) is 58.1 Å². The van der Waals surface area contributed by atoms with Crippen LogP contribution in [-0.2, 0) is 10.0 Å². The van der Waals surface area contributed by atoms with E-state index in [1.807, 2.05) is 13.1 Å². The van der Waals surface area contributed by atoms with Crippen molar-refractivity contribution in [2.75, 3.05) is 64.3 Å². The van der Waals surface area contributed by atoms with Crippen molar-refractivity contribution >= 4 is 15.8 Å². The van der Waals surface area contributed by atoms with Gasteiger partial charge in [0.15, 0.2) is 0 Å². The van der Waals surface area contributed by atoms with Crippen LogP contribution in [0.2, 0.25) is 0 Å². The van der Waals surface area contributed by atoms with E-state index >= 15 is 0 Å². The molecule has 26 heavy (non-hydrogen) atoms. The molecule has 0 amide bonds. The monoisotopic (exact) mass is 379 g/mol. The summed E-state index contributed by atoms with van der Waals surface area (Å²) in [4.78, 5) is 11.9. The lowest BCUT2D eigenvalue weighted by atomic mass is 9.99. The molecule has 0 aromatic carbocycles. The molecule has 3 saturated heterocycles. The van der Waals surface area contributed by atoms with Crippen LogP contribution in [0.15, 0.2) is 23.2 Å². The number of piperazine rings is 2. The number of likely N-dealkylation sites (N-methyl/N-ethyl adjacent to an activating group) is 1. The highest BCUT2D eigenvalue weighted by Gasteiger charge is 2.30. The van der Waals surface area contributed by atoms with E-state index in [1.165, 1.54) is 32.0 Å². The van der Waals surface area contributed by atoms with Crippen LogP contribution < -0.4 is 4.90 Å². The van der Waals surface area contributed by atoms with E-state index in [0.29, 0.717) is 24.0 Å². The Bertz CT molecular complexity index is 716. The zero-order valence-corrected chi connectivity index (χ0v) is 16.4. The van der Waals surface area contributed by atoms with Crippen LogP contribution in [-0.4, -0.2) is 93.0 Å². The number of sulfonamides is 1. The van der Waals surface area contributed by atoms with Gasteiger partial charge in [0.2, 0.25) is 10.0 Å². The lowest BCUT2D eigenvalue weighted by molar-refractivity contribution is 0.133. The highest BCUT2D eigenvalue weighted by atomic mass is 32.2. The molecule has 3 aliphatic heterocycles. The van der Waals surface area contributed by atoms with E-state index < -0.39 is 10.0 Å². The fourth-order valence-electron chi connectivity index (χ4n) is 4.25.